The van der Waals surface area contributed by atoms with E-state index in [0.29, 0.717) is 29.8 Å². The van der Waals surface area contributed by atoms with Crippen molar-refractivity contribution in [3.05, 3.63) is 29.8 Å². The molecule has 0 fully saturated rings. The van der Waals surface area contributed by atoms with Crippen molar-refractivity contribution >= 4 is 23.0 Å². The second kappa shape index (κ2) is 4.83. The number of nitrogens with zero attached hydrogens (tertiary/aromatic N) is 4. The fourth-order valence-electron chi connectivity index (χ4n) is 1.22. The quantitative estimate of drug-likeness (QED) is 0.752. The monoisotopic (exact) mass is 250 g/mol. The van der Waals surface area contributed by atoms with E-state index in [0.717, 1.165) is 0 Å². The summed E-state index contributed by atoms with van der Waals surface area (Å²) in [5.74, 6) is 1.54. The minimum Gasteiger partial charge on any atom is -0.388 e. The number of hydrogen-bond acceptors (Lipinski definition) is 7. The molecule has 2 rings (SSSR count). The van der Waals surface area contributed by atoms with Crippen LogP contribution in [0.2, 0.25) is 0 Å². The molecule has 0 atom stereocenters. The van der Waals surface area contributed by atoms with Gasteiger partial charge in [-0.1, -0.05) is 17.4 Å². The number of nitrogens with two attached hydrogens (primary N) is 1. The van der Waals surface area contributed by atoms with Gasteiger partial charge in [-0.15, -0.1) is 0 Å². The molecule has 88 valence electrons. The zero-order valence-corrected chi connectivity index (χ0v) is 9.86. The van der Waals surface area contributed by atoms with Crippen molar-refractivity contribution < 1.29 is 4.52 Å². The molecule has 7 nitrogen and oxygen atoms in total. The van der Waals surface area contributed by atoms with E-state index in [1.165, 1.54) is 6.20 Å². The smallest absolute Gasteiger partial charge is 0.245 e. The van der Waals surface area contributed by atoms with Crippen LogP contribution in [0.3, 0.4) is 0 Å². The lowest BCUT2D eigenvalue weighted by Crippen LogP contribution is -2.16. The van der Waals surface area contributed by atoms with Crippen LogP contribution in [0, 0.1) is 6.92 Å². The summed E-state index contributed by atoms with van der Waals surface area (Å²) in [6, 6.07) is 0. The van der Waals surface area contributed by atoms with Crippen LogP contribution in [0.5, 0.6) is 0 Å². The van der Waals surface area contributed by atoms with Crippen LogP contribution in [0.25, 0.3) is 0 Å². The number of hydrogen-bond donors (Lipinski definition) is 2. The standard InChI is InChI=1S/C9H10N6OS/c1-5-14-6(16-15-5)4-13-9-7(8(10)17)11-2-3-12-9/h2-3H,4H2,1H3,(H2,10,17)(H,12,13). The fourth-order valence-corrected chi connectivity index (χ4v) is 1.37. The first-order chi connectivity index (χ1) is 8.16. The molecule has 17 heavy (non-hydrogen) atoms. The molecule has 2 aromatic heterocycles. The van der Waals surface area contributed by atoms with E-state index in [1.807, 2.05) is 0 Å². The second-order valence-corrected chi connectivity index (χ2v) is 3.65. The Labute approximate surface area is 102 Å². The molecule has 2 heterocycles. The van der Waals surface area contributed by atoms with Crippen LogP contribution in [0.15, 0.2) is 16.9 Å². The number of rotatable bonds is 4. The largest absolute Gasteiger partial charge is 0.388 e. The van der Waals surface area contributed by atoms with Crippen molar-refractivity contribution in [2.45, 2.75) is 13.5 Å². The number of anilines is 1. The molecular formula is C9H10N6OS. The Hall–Kier alpha value is -2.09. The van der Waals surface area contributed by atoms with Crippen LogP contribution >= 0.6 is 12.2 Å². The van der Waals surface area contributed by atoms with Crippen molar-refractivity contribution in [1.29, 1.82) is 0 Å². The summed E-state index contributed by atoms with van der Waals surface area (Å²) < 4.78 is 4.95. The second-order valence-electron chi connectivity index (χ2n) is 3.21. The van der Waals surface area contributed by atoms with Gasteiger partial charge >= 0.3 is 0 Å². The summed E-state index contributed by atoms with van der Waals surface area (Å²) in [6.45, 7) is 2.09. The van der Waals surface area contributed by atoms with Crippen molar-refractivity contribution in [3.8, 4) is 0 Å². The molecule has 0 aromatic carbocycles. The third-order valence-electron chi connectivity index (χ3n) is 1.91. The van der Waals surface area contributed by atoms with Gasteiger partial charge in [-0.05, 0) is 6.92 Å². The average molecular weight is 250 g/mol. The van der Waals surface area contributed by atoms with Crippen LogP contribution in [0.1, 0.15) is 17.4 Å². The maximum absolute atomic E-state index is 5.53. The Morgan fingerprint density at radius 3 is 2.88 bits per heavy atom. The van der Waals surface area contributed by atoms with E-state index < -0.39 is 0 Å². The highest BCUT2D eigenvalue weighted by Crippen LogP contribution is 2.09. The molecule has 0 radical (unpaired) electrons. The summed E-state index contributed by atoms with van der Waals surface area (Å²) in [5, 5.41) is 6.66. The van der Waals surface area contributed by atoms with E-state index in [1.54, 1.807) is 13.1 Å². The summed E-state index contributed by atoms with van der Waals surface area (Å²) >= 11 is 4.87. The van der Waals surface area contributed by atoms with Gasteiger partial charge in [0, 0.05) is 12.4 Å². The predicted octanol–water partition coefficient (Wildman–Crippen LogP) is 0.414. The lowest BCUT2D eigenvalue weighted by atomic mass is 10.4. The lowest BCUT2D eigenvalue weighted by molar-refractivity contribution is 0.379. The lowest BCUT2D eigenvalue weighted by Gasteiger charge is -2.06. The van der Waals surface area contributed by atoms with Gasteiger partial charge in [0.05, 0.1) is 6.54 Å². The zero-order valence-electron chi connectivity index (χ0n) is 9.04. The Morgan fingerprint density at radius 1 is 1.47 bits per heavy atom. The number of thiocarbonyl (C=S) groups is 1. The molecule has 0 aliphatic heterocycles. The summed E-state index contributed by atoms with van der Waals surface area (Å²) in [7, 11) is 0. The topological polar surface area (TPSA) is 103 Å². The maximum atomic E-state index is 5.53. The molecule has 0 saturated heterocycles. The summed E-state index contributed by atoms with van der Waals surface area (Å²) in [6.07, 6.45) is 3.07. The maximum Gasteiger partial charge on any atom is 0.245 e. The van der Waals surface area contributed by atoms with Crippen LogP contribution in [-0.2, 0) is 6.54 Å². The average Bonchev–Trinajstić information content (AvgIpc) is 2.73. The van der Waals surface area contributed by atoms with Crippen LogP contribution in [-0.4, -0.2) is 25.1 Å². The van der Waals surface area contributed by atoms with E-state index in [-0.39, 0.29) is 4.99 Å². The molecule has 0 aliphatic carbocycles. The Kier molecular flexibility index (Phi) is 3.24. The highest BCUT2D eigenvalue weighted by Gasteiger charge is 2.09. The third-order valence-corrected chi connectivity index (χ3v) is 2.10. The molecule has 0 aliphatic rings. The third kappa shape index (κ3) is 2.72. The van der Waals surface area contributed by atoms with Crippen molar-refractivity contribution in [2.24, 2.45) is 5.73 Å². The van der Waals surface area contributed by atoms with E-state index in [9.17, 15) is 0 Å². The Morgan fingerprint density at radius 2 is 2.24 bits per heavy atom. The van der Waals surface area contributed by atoms with Gasteiger partial charge in [-0.3, -0.25) is 0 Å². The highest BCUT2D eigenvalue weighted by molar-refractivity contribution is 7.80. The van der Waals surface area contributed by atoms with Gasteiger partial charge < -0.3 is 15.6 Å². The first-order valence-electron chi connectivity index (χ1n) is 4.80. The van der Waals surface area contributed by atoms with Gasteiger partial charge in [0.1, 0.15) is 10.7 Å². The molecule has 3 N–H and O–H groups in total. The van der Waals surface area contributed by atoms with E-state index in [4.69, 9.17) is 22.5 Å². The Balaban J connectivity index is 2.11. The molecule has 0 spiro atoms. The first kappa shape index (κ1) is 11.4. The van der Waals surface area contributed by atoms with E-state index in [2.05, 4.69) is 25.4 Å². The Bertz CT molecular complexity index is 540. The van der Waals surface area contributed by atoms with Gasteiger partial charge in [-0.2, -0.15) is 4.98 Å². The molecule has 0 amide bonds. The minimum absolute atomic E-state index is 0.183. The molecule has 0 unspecified atom stereocenters. The summed E-state index contributed by atoms with van der Waals surface area (Å²) in [5.41, 5.74) is 5.97. The van der Waals surface area contributed by atoms with Gasteiger partial charge in [-0.25, -0.2) is 9.97 Å². The number of aryl methyl sites for hydroxylation is 1. The number of aromatic nitrogens is 4. The van der Waals surface area contributed by atoms with Gasteiger partial charge in [0.15, 0.2) is 11.6 Å². The summed E-state index contributed by atoms with van der Waals surface area (Å²) in [4.78, 5) is 12.4. The zero-order chi connectivity index (χ0) is 12.3. The molecule has 0 saturated carbocycles. The van der Waals surface area contributed by atoms with Crippen molar-refractivity contribution in [3.63, 3.8) is 0 Å². The van der Waals surface area contributed by atoms with E-state index >= 15 is 0 Å². The highest BCUT2D eigenvalue weighted by atomic mass is 32.1. The normalized spacial score (nSPS) is 10.2. The van der Waals surface area contributed by atoms with Crippen LogP contribution in [0.4, 0.5) is 5.82 Å². The van der Waals surface area contributed by atoms with Crippen molar-refractivity contribution in [1.82, 2.24) is 20.1 Å². The molecule has 8 heteroatoms. The number of nitrogens with one attached hydrogen (secondary N) is 1. The SMILES string of the molecule is Cc1noc(CNc2nccnc2C(N)=S)n1. The minimum atomic E-state index is 0.183. The van der Waals surface area contributed by atoms with Gasteiger partial charge in [0.2, 0.25) is 5.89 Å². The van der Waals surface area contributed by atoms with Crippen molar-refractivity contribution in [2.75, 3.05) is 5.32 Å². The first-order valence-corrected chi connectivity index (χ1v) is 5.21. The molecule has 0 bridgehead atoms. The predicted molar refractivity (Wildman–Crippen MR) is 64.3 cm³/mol. The molecule has 2 aromatic rings. The van der Waals surface area contributed by atoms with Crippen LogP contribution < -0.4 is 11.1 Å². The molecular weight excluding hydrogens is 240 g/mol. The fraction of sp³-hybridized carbons (Fsp3) is 0.222. The van der Waals surface area contributed by atoms with Gasteiger partial charge in [0.25, 0.3) is 0 Å².